The molecule has 0 atom stereocenters. The number of aromatic nitrogens is 3. The Labute approximate surface area is 141 Å². The average Bonchev–Trinajstić information content (AvgIpc) is 3.23. The zero-order chi connectivity index (χ0) is 16.5. The van der Waals surface area contributed by atoms with Crippen LogP contribution in [0.25, 0.3) is 11.0 Å². The molecule has 124 valence electrons. The topological polar surface area (TPSA) is 52.0 Å². The van der Waals surface area contributed by atoms with E-state index >= 15 is 0 Å². The van der Waals surface area contributed by atoms with E-state index in [-0.39, 0.29) is 0 Å². The molecule has 0 saturated heterocycles. The Kier molecular flexibility index (Phi) is 3.84. The molecule has 0 spiro atoms. The van der Waals surface area contributed by atoms with Gasteiger partial charge in [-0.15, -0.1) is 0 Å². The second kappa shape index (κ2) is 6.15. The van der Waals surface area contributed by atoms with E-state index in [1.165, 1.54) is 31.2 Å². The fourth-order valence-corrected chi connectivity index (χ4v) is 3.54. The molecule has 1 aliphatic rings. The minimum absolute atomic E-state index is 0.570. The van der Waals surface area contributed by atoms with Crippen LogP contribution in [0.1, 0.15) is 37.3 Å². The number of benzene rings is 1. The van der Waals surface area contributed by atoms with Crippen LogP contribution >= 0.6 is 0 Å². The molecule has 5 heteroatoms. The van der Waals surface area contributed by atoms with Gasteiger partial charge in [0, 0.05) is 35.6 Å². The van der Waals surface area contributed by atoms with Crippen LogP contribution in [-0.4, -0.2) is 21.6 Å². The number of anilines is 2. The molecule has 0 radical (unpaired) electrons. The van der Waals surface area contributed by atoms with Crippen molar-refractivity contribution in [3.05, 3.63) is 42.2 Å². The van der Waals surface area contributed by atoms with E-state index < -0.39 is 0 Å². The number of fused-ring (bicyclic) bond motifs is 1. The van der Waals surface area contributed by atoms with Crippen molar-refractivity contribution in [1.82, 2.24) is 14.5 Å². The standard InChI is InChI=1S/C19H22N4O/c1-13-12-23(15-7-3-4-8-15)18-17(13)11-20-19(22-18)21-14-6-5-9-16(10-14)24-2/h5-6,9-12,15H,3-4,7-8H2,1-2H3,(H,20,21,22). The Morgan fingerprint density at radius 3 is 2.88 bits per heavy atom. The van der Waals surface area contributed by atoms with Gasteiger partial charge in [-0.3, -0.25) is 0 Å². The fraction of sp³-hybridized carbons (Fsp3) is 0.368. The lowest BCUT2D eigenvalue weighted by molar-refractivity contribution is 0.415. The molecule has 1 saturated carbocycles. The number of rotatable bonds is 4. The van der Waals surface area contributed by atoms with Crippen LogP contribution in [0.4, 0.5) is 11.6 Å². The minimum atomic E-state index is 0.570. The predicted molar refractivity (Wildman–Crippen MR) is 96.0 cm³/mol. The van der Waals surface area contributed by atoms with Crippen molar-refractivity contribution in [3.63, 3.8) is 0 Å². The molecule has 0 bridgehead atoms. The van der Waals surface area contributed by atoms with Crippen LogP contribution in [0.3, 0.4) is 0 Å². The molecule has 1 aliphatic carbocycles. The lowest BCUT2D eigenvalue weighted by Crippen LogP contribution is -2.05. The van der Waals surface area contributed by atoms with Crippen molar-refractivity contribution in [2.45, 2.75) is 38.6 Å². The Balaban J connectivity index is 1.70. The second-order valence-corrected chi connectivity index (χ2v) is 6.45. The highest BCUT2D eigenvalue weighted by Crippen LogP contribution is 2.33. The van der Waals surface area contributed by atoms with Gasteiger partial charge in [0.1, 0.15) is 11.4 Å². The SMILES string of the molecule is COc1cccc(Nc2ncc3c(C)cn(C4CCCC4)c3n2)c1. The summed E-state index contributed by atoms with van der Waals surface area (Å²) in [6, 6.07) is 8.36. The molecular weight excluding hydrogens is 300 g/mol. The lowest BCUT2D eigenvalue weighted by atomic mass is 10.2. The van der Waals surface area contributed by atoms with Crippen molar-refractivity contribution in [1.29, 1.82) is 0 Å². The van der Waals surface area contributed by atoms with Gasteiger partial charge >= 0.3 is 0 Å². The summed E-state index contributed by atoms with van der Waals surface area (Å²) in [6.07, 6.45) is 9.25. The molecule has 1 aromatic carbocycles. The van der Waals surface area contributed by atoms with Crippen molar-refractivity contribution in [2.24, 2.45) is 0 Å². The summed E-state index contributed by atoms with van der Waals surface area (Å²) in [6.45, 7) is 2.13. The van der Waals surface area contributed by atoms with E-state index in [1.54, 1.807) is 7.11 Å². The van der Waals surface area contributed by atoms with Gasteiger partial charge in [0.2, 0.25) is 5.95 Å². The Morgan fingerprint density at radius 2 is 2.08 bits per heavy atom. The van der Waals surface area contributed by atoms with E-state index in [0.29, 0.717) is 12.0 Å². The monoisotopic (exact) mass is 322 g/mol. The predicted octanol–water partition coefficient (Wildman–Crippen LogP) is 4.61. The van der Waals surface area contributed by atoms with Gasteiger partial charge in [0.15, 0.2) is 0 Å². The molecule has 1 fully saturated rings. The number of hydrogen-bond acceptors (Lipinski definition) is 4. The molecular formula is C19H22N4O. The van der Waals surface area contributed by atoms with Gasteiger partial charge in [-0.2, -0.15) is 4.98 Å². The number of aryl methyl sites for hydroxylation is 1. The first kappa shape index (κ1) is 15.0. The zero-order valence-corrected chi connectivity index (χ0v) is 14.1. The third kappa shape index (κ3) is 2.70. The smallest absolute Gasteiger partial charge is 0.229 e. The summed E-state index contributed by atoms with van der Waals surface area (Å²) >= 11 is 0. The third-order valence-corrected chi connectivity index (χ3v) is 4.81. The van der Waals surface area contributed by atoms with Crippen LogP contribution in [0.5, 0.6) is 5.75 Å². The molecule has 0 aliphatic heterocycles. The highest BCUT2D eigenvalue weighted by atomic mass is 16.5. The summed E-state index contributed by atoms with van der Waals surface area (Å²) in [7, 11) is 1.67. The Hall–Kier alpha value is -2.56. The van der Waals surface area contributed by atoms with Crippen LogP contribution in [-0.2, 0) is 0 Å². The van der Waals surface area contributed by atoms with Crippen LogP contribution in [0.2, 0.25) is 0 Å². The summed E-state index contributed by atoms with van der Waals surface area (Å²) < 4.78 is 7.61. The molecule has 0 amide bonds. The van der Waals surface area contributed by atoms with E-state index in [1.807, 2.05) is 30.5 Å². The highest BCUT2D eigenvalue weighted by Gasteiger charge is 2.20. The normalized spacial score (nSPS) is 15.1. The molecule has 2 heterocycles. The summed E-state index contributed by atoms with van der Waals surface area (Å²) in [5.74, 6) is 1.43. The van der Waals surface area contributed by atoms with Crippen molar-refractivity contribution < 1.29 is 4.74 Å². The van der Waals surface area contributed by atoms with E-state index in [0.717, 1.165) is 22.5 Å². The molecule has 4 rings (SSSR count). The van der Waals surface area contributed by atoms with Gasteiger partial charge < -0.3 is 14.6 Å². The number of nitrogens with one attached hydrogen (secondary N) is 1. The fourth-order valence-electron chi connectivity index (χ4n) is 3.54. The molecule has 5 nitrogen and oxygen atoms in total. The minimum Gasteiger partial charge on any atom is -0.497 e. The Bertz CT molecular complexity index is 865. The third-order valence-electron chi connectivity index (χ3n) is 4.81. The average molecular weight is 322 g/mol. The lowest BCUT2D eigenvalue weighted by Gasteiger charge is -2.13. The molecule has 2 aromatic heterocycles. The largest absolute Gasteiger partial charge is 0.497 e. The molecule has 3 aromatic rings. The van der Waals surface area contributed by atoms with E-state index in [4.69, 9.17) is 9.72 Å². The van der Waals surface area contributed by atoms with E-state index in [2.05, 4.69) is 28.0 Å². The van der Waals surface area contributed by atoms with Crippen LogP contribution in [0.15, 0.2) is 36.7 Å². The van der Waals surface area contributed by atoms with Crippen LogP contribution in [0, 0.1) is 6.92 Å². The highest BCUT2D eigenvalue weighted by molar-refractivity contribution is 5.81. The van der Waals surface area contributed by atoms with Gasteiger partial charge in [-0.25, -0.2) is 4.98 Å². The number of ether oxygens (including phenoxy) is 1. The number of methoxy groups -OCH3 is 1. The van der Waals surface area contributed by atoms with Crippen molar-refractivity contribution in [2.75, 3.05) is 12.4 Å². The molecule has 0 unspecified atom stereocenters. The first-order chi connectivity index (χ1) is 11.7. The maximum Gasteiger partial charge on any atom is 0.229 e. The maximum absolute atomic E-state index is 5.27. The molecule has 1 N–H and O–H groups in total. The van der Waals surface area contributed by atoms with E-state index in [9.17, 15) is 0 Å². The van der Waals surface area contributed by atoms with Crippen molar-refractivity contribution in [3.8, 4) is 5.75 Å². The van der Waals surface area contributed by atoms with Gasteiger partial charge in [0.25, 0.3) is 0 Å². The van der Waals surface area contributed by atoms with Gasteiger partial charge in [0.05, 0.1) is 7.11 Å². The van der Waals surface area contributed by atoms with Crippen molar-refractivity contribution >= 4 is 22.7 Å². The first-order valence-corrected chi connectivity index (χ1v) is 8.50. The zero-order valence-electron chi connectivity index (χ0n) is 14.1. The Morgan fingerprint density at radius 1 is 1.25 bits per heavy atom. The van der Waals surface area contributed by atoms with Gasteiger partial charge in [-0.05, 0) is 37.5 Å². The second-order valence-electron chi connectivity index (χ2n) is 6.45. The summed E-state index contributed by atoms with van der Waals surface area (Å²) in [4.78, 5) is 9.27. The summed E-state index contributed by atoms with van der Waals surface area (Å²) in [5.41, 5.74) is 3.19. The molecule has 24 heavy (non-hydrogen) atoms. The quantitative estimate of drug-likeness (QED) is 0.762. The maximum atomic E-state index is 5.27. The number of hydrogen-bond donors (Lipinski definition) is 1. The first-order valence-electron chi connectivity index (χ1n) is 8.50. The van der Waals surface area contributed by atoms with Gasteiger partial charge in [-0.1, -0.05) is 18.9 Å². The summed E-state index contributed by atoms with van der Waals surface area (Å²) in [5, 5.41) is 4.42. The van der Waals surface area contributed by atoms with Crippen LogP contribution < -0.4 is 10.1 Å². The number of nitrogens with zero attached hydrogens (tertiary/aromatic N) is 3.